The molecule has 27 aromatic rings. The van der Waals surface area contributed by atoms with Crippen LogP contribution in [0.15, 0.2) is 468 Å². The van der Waals surface area contributed by atoms with E-state index < -0.39 is 0 Å². The van der Waals surface area contributed by atoms with Crippen LogP contribution in [0.4, 0.5) is 0 Å². The molecular formula is C123H75N9O3. The molecule has 0 atom stereocenters. The summed E-state index contributed by atoms with van der Waals surface area (Å²) < 4.78 is 19.0. The summed E-state index contributed by atoms with van der Waals surface area (Å²) in [5.74, 6) is 5.80. The SMILES string of the molecule is c1ccc(-c2nc(-c3ccc(-c4cccc5oc6cc7ccccc7cc6c45)cc3)nc(-c3cc4ccccc4c4ccccc34)n2)cc1.c1ccc(-c2nc(-c3ccc(-c4cccc5oc6cc7ccccc7cc6c45)cc3)nc(-c3ccc4ccccc4c3)n2)cc1.c1ccc(-c2nc(-c3ccccc3)nc(-c3ccc(-c4cccc5oc6cc7ccccc7cc6c45)cc3)n2)cc1. The van der Waals surface area contributed by atoms with Crippen molar-refractivity contribution in [3.63, 3.8) is 0 Å². The average molecular weight is 1730 g/mol. The Bertz CT molecular complexity index is 9240. The zero-order chi connectivity index (χ0) is 89.2. The molecule has 0 saturated carbocycles. The molecule has 12 nitrogen and oxygen atoms in total. The minimum Gasteiger partial charge on any atom is -0.456 e. The second kappa shape index (κ2) is 33.6. The van der Waals surface area contributed by atoms with Crippen molar-refractivity contribution in [1.82, 2.24) is 44.9 Å². The van der Waals surface area contributed by atoms with Crippen LogP contribution in [0.2, 0.25) is 0 Å². The highest BCUT2D eigenvalue weighted by Crippen LogP contribution is 2.45. The predicted octanol–water partition coefficient (Wildman–Crippen LogP) is 32.2. The van der Waals surface area contributed by atoms with Gasteiger partial charge in [0.15, 0.2) is 52.4 Å². The summed E-state index contributed by atoms with van der Waals surface area (Å²) in [6, 6.07) is 157. The van der Waals surface area contributed by atoms with Crippen molar-refractivity contribution in [3.8, 4) is 136 Å². The van der Waals surface area contributed by atoms with Crippen LogP contribution in [-0.2, 0) is 0 Å². The molecule has 0 aliphatic carbocycles. The van der Waals surface area contributed by atoms with E-state index in [0.717, 1.165) is 165 Å². The van der Waals surface area contributed by atoms with Gasteiger partial charge in [0, 0.05) is 82.4 Å². The van der Waals surface area contributed by atoms with Gasteiger partial charge in [-0.2, -0.15) is 0 Å². The Kier molecular flexibility index (Phi) is 19.6. The molecule has 27 rings (SSSR count). The third-order valence-corrected chi connectivity index (χ3v) is 25.5. The number of hydrogen-bond donors (Lipinski definition) is 0. The lowest BCUT2D eigenvalue weighted by molar-refractivity contribution is 0.669. The second-order valence-electron chi connectivity index (χ2n) is 33.8. The molecule has 12 heteroatoms. The molecule has 6 heterocycles. The standard InChI is InChI=1S/C45H27N3O.C41H25N3O.C37H23N3O/c1-2-11-29(12-3-1)43-46-44(48-45(47-43)38-26-33-15-6-7-16-34(33)36-17-8-9-18-37(36)38)30-23-21-28(22-24-30)35-19-10-20-40-42(35)39-25-31-13-4-5-14-32(31)27-41(39)49-40;1-2-10-28(11-3-1)39-42-40(44-41(43-39)33-22-17-26-9-4-5-12-30(26)23-33)29-20-18-27(19-21-29)34-15-8-16-36-38(34)35-24-31-13-6-7-14-32(31)25-37(35)45-36;1-3-10-25(11-4-1)35-38-36(26-12-5-2-6-13-26)40-37(39-35)27-20-18-24(19-21-27)30-16-9-17-32-34(30)31-22-28-14-7-8-15-29(28)23-33(31)41-32/h1-27H;1-25H;1-23H. The number of furan rings is 3. The normalized spacial score (nSPS) is 11.6. The van der Waals surface area contributed by atoms with Gasteiger partial charge in [-0.1, -0.05) is 388 Å². The molecule has 630 valence electrons. The van der Waals surface area contributed by atoms with Crippen LogP contribution in [0.1, 0.15) is 0 Å². The lowest BCUT2D eigenvalue weighted by Crippen LogP contribution is -2.00. The van der Waals surface area contributed by atoms with Gasteiger partial charge in [0.25, 0.3) is 0 Å². The summed E-state index contributed by atoms with van der Waals surface area (Å²) in [5, 5.41) is 20.8. The van der Waals surface area contributed by atoms with E-state index in [1.54, 1.807) is 0 Å². The highest BCUT2D eigenvalue weighted by atomic mass is 16.3. The van der Waals surface area contributed by atoms with Crippen molar-refractivity contribution in [3.05, 3.63) is 455 Å². The first-order valence-electron chi connectivity index (χ1n) is 45.1. The van der Waals surface area contributed by atoms with Crippen LogP contribution in [0.3, 0.4) is 0 Å². The molecule has 0 radical (unpaired) electrons. The molecule has 135 heavy (non-hydrogen) atoms. The third-order valence-electron chi connectivity index (χ3n) is 25.5. The molecular weight excluding hydrogens is 1650 g/mol. The summed E-state index contributed by atoms with van der Waals surface area (Å²) >= 11 is 0. The molecule has 0 amide bonds. The van der Waals surface area contributed by atoms with Gasteiger partial charge in [0.2, 0.25) is 0 Å². The zero-order valence-corrected chi connectivity index (χ0v) is 72.6. The van der Waals surface area contributed by atoms with Gasteiger partial charge in [-0.25, -0.2) is 44.9 Å². The number of benzene rings is 21. The number of hydrogen-bond acceptors (Lipinski definition) is 12. The Morgan fingerprint density at radius 2 is 0.363 bits per heavy atom. The van der Waals surface area contributed by atoms with Gasteiger partial charge >= 0.3 is 0 Å². The molecule has 0 aliphatic rings. The van der Waals surface area contributed by atoms with Crippen LogP contribution in [0, 0.1) is 0 Å². The maximum absolute atomic E-state index is 6.36. The molecule has 0 spiro atoms. The van der Waals surface area contributed by atoms with Crippen molar-refractivity contribution in [2.45, 2.75) is 0 Å². The van der Waals surface area contributed by atoms with Crippen molar-refractivity contribution in [2.75, 3.05) is 0 Å². The summed E-state index contributed by atoms with van der Waals surface area (Å²) in [5.41, 5.74) is 20.6. The van der Waals surface area contributed by atoms with Crippen LogP contribution in [0.25, 0.3) is 266 Å². The summed E-state index contributed by atoms with van der Waals surface area (Å²) in [6.07, 6.45) is 0. The van der Waals surface area contributed by atoms with Gasteiger partial charge in [-0.3, -0.25) is 0 Å². The summed E-state index contributed by atoms with van der Waals surface area (Å²) in [6.45, 7) is 0. The van der Waals surface area contributed by atoms with Crippen molar-refractivity contribution in [2.24, 2.45) is 0 Å². The first kappa shape index (κ1) is 78.8. The monoisotopic (exact) mass is 1730 g/mol. The van der Waals surface area contributed by atoms with Crippen LogP contribution >= 0.6 is 0 Å². The minimum absolute atomic E-state index is 0.631. The largest absolute Gasteiger partial charge is 0.456 e. The highest BCUT2D eigenvalue weighted by Gasteiger charge is 2.23. The number of aromatic nitrogens is 9. The van der Waals surface area contributed by atoms with Crippen molar-refractivity contribution in [1.29, 1.82) is 0 Å². The predicted molar refractivity (Wildman–Crippen MR) is 552 cm³/mol. The topological polar surface area (TPSA) is 155 Å². The summed E-state index contributed by atoms with van der Waals surface area (Å²) in [7, 11) is 0. The lowest BCUT2D eigenvalue weighted by atomic mass is 9.96. The van der Waals surface area contributed by atoms with Gasteiger partial charge < -0.3 is 13.3 Å². The Labute approximate surface area is 774 Å². The van der Waals surface area contributed by atoms with E-state index in [1.165, 1.54) is 48.5 Å². The molecule has 0 unspecified atom stereocenters. The van der Waals surface area contributed by atoms with Crippen LogP contribution in [0.5, 0.6) is 0 Å². The molecule has 21 aromatic carbocycles. The van der Waals surface area contributed by atoms with E-state index in [2.05, 4.69) is 315 Å². The Balaban J connectivity index is 0.000000108. The van der Waals surface area contributed by atoms with Gasteiger partial charge in [-0.15, -0.1) is 0 Å². The fourth-order valence-electron chi connectivity index (χ4n) is 18.9. The smallest absolute Gasteiger partial charge is 0.164 e. The number of fused-ring (bicyclic) bond motifs is 16. The Morgan fingerprint density at radius 3 is 0.704 bits per heavy atom. The second-order valence-corrected chi connectivity index (χ2v) is 33.8. The van der Waals surface area contributed by atoms with Crippen LogP contribution in [-0.4, -0.2) is 44.9 Å². The maximum atomic E-state index is 6.36. The van der Waals surface area contributed by atoms with E-state index in [9.17, 15) is 0 Å². The van der Waals surface area contributed by atoms with E-state index in [4.69, 9.17) is 58.1 Å². The van der Waals surface area contributed by atoms with Crippen molar-refractivity contribution >= 4 is 130 Å². The number of rotatable bonds is 12. The highest BCUT2D eigenvalue weighted by molar-refractivity contribution is 6.19. The first-order valence-corrected chi connectivity index (χ1v) is 45.1. The van der Waals surface area contributed by atoms with E-state index in [1.807, 2.05) is 140 Å². The zero-order valence-electron chi connectivity index (χ0n) is 72.6. The molecule has 0 aliphatic heterocycles. The van der Waals surface area contributed by atoms with E-state index in [-0.39, 0.29) is 0 Å². The first-order chi connectivity index (χ1) is 66.8. The fourth-order valence-corrected chi connectivity index (χ4v) is 18.9. The minimum atomic E-state index is 0.631. The number of nitrogens with zero attached hydrogens (tertiary/aromatic N) is 9. The molecule has 0 N–H and O–H groups in total. The maximum Gasteiger partial charge on any atom is 0.164 e. The summed E-state index contributed by atoms with van der Waals surface area (Å²) in [4.78, 5) is 44.6. The Hall–Kier alpha value is -18.4. The van der Waals surface area contributed by atoms with Gasteiger partial charge in [0.1, 0.15) is 33.5 Å². The van der Waals surface area contributed by atoms with E-state index in [0.29, 0.717) is 52.4 Å². The fraction of sp³-hybridized carbons (Fsp3) is 0. The average Bonchev–Trinajstić information content (AvgIpc) is 1.75. The molecule has 0 saturated heterocycles. The third kappa shape index (κ3) is 14.9. The lowest BCUT2D eigenvalue weighted by Gasteiger charge is -2.12. The Morgan fingerprint density at radius 1 is 0.119 bits per heavy atom. The quantitative estimate of drug-likeness (QED) is 0.107. The van der Waals surface area contributed by atoms with E-state index >= 15 is 0 Å². The molecule has 0 fully saturated rings. The van der Waals surface area contributed by atoms with Crippen LogP contribution < -0.4 is 0 Å². The van der Waals surface area contributed by atoms with Gasteiger partial charge in [-0.05, 0) is 165 Å². The molecule has 0 bridgehead atoms. The molecule has 6 aromatic heterocycles. The van der Waals surface area contributed by atoms with Gasteiger partial charge in [0.05, 0.1) is 0 Å². The van der Waals surface area contributed by atoms with Crippen molar-refractivity contribution < 1.29 is 13.3 Å².